The zero-order valence-electron chi connectivity index (χ0n) is 12.0. The van der Waals surface area contributed by atoms with Gasteiger partial charge in [0.2, 0.25) is 0 Å². The van der Waals surface area contributed by atoms with Crippen molar-refractivity contribution in [3.05, 3.63) is 35.6 Å². The summed E-state index contributed by atoms with van der Waals surface area (Å²) in [5, 5.41) is 3.47. The molecule has 0 spiro atoms. The van der Waals surface area contributed by atoms with E-state index in [4.69, 9.17) is 0 Å². The molecule has 0 aliphatic carbocycles. The quantitative estimate of drug-likeness (QED) is 0.741. The molecule has 2 unspecified atom stereocenters. The highest BCUT2D eigenvalue weighted by atomic mass is 19.1. The van der Waals surface area contributed by atoms with Gasteiger partial charge in [0.15, 0.2) is 0 Å². The third kappa shape index (κ3) is 5.18. The van der Waals surface area contributed by atoms with Gasteiger partial charge in [0.05, 0.1) is 0 Å². The van der Waals surface area contributed by atoms with Gasteiger partial charge in [0.25, 0.3) is 0 Å². The Labute approximate surface area is 111 Å². The van der Waals surface area contributed by atoms with Crippen LogP contribution < -0.4 is 5.32 Å². The first kappa shape index (κ1) is 15.2. The summed E-state index contributed by atoms with van der Waals surface area (Å²) in [5.41, 5.74) is 0.758. The molecule has 0 heterocycles. The second-order valence-corrected chi connectivity index (χ2v) is 5.64. The van der Waals surface area contributed by atoms with Crippen LogP contribution in [0.15, 0.2) is 24.3 Å². The van der Waals surface area contributed by atoms with E-state index >= 15 is 0 Å². The maximum Gasteiger partial charge on any atom is 0.127 e. The highest BCUT2D eigenvalue weighted by molar-refractivity contribution is 5.20. The van der Waals surface area contributed by atoms with Gasteiger partial charge in [0.1, 0.15) is 5.82 Å². The van der Waals surface area contributed by atoms with E-state index in [0.29, 0.717) is 6.04 Å². The molecule has 1 nitrogen and oxygen atoms in total. The van der Waals surface area contributed by atoms with Gasteiger partial charge in [-0.3, -0.25) is 0 Å². The number of benzene rings is 1. The highest BCUT2D eigenvalue weighted by Gasteiger charge is 2.12. The Bertz CT molecular complexity index is 349. The van der Waals surface area contributed by atoms with Crippen molar-refractivity contribution < 1.29 is 4.39 Å². The molecule has 1 rings (SSSR count). The number of hydrogen-bond donors (Lipinski definition) is 1. The number of hydrogen-bond acceptors (Lipinski definition) is 1. The number of rotatable bonds is 7. The zero-order valence-corrected chi connectivity index (χ0v) is 12.0. The molecular formula is C16H26FN. The van der Waals surface area contributed by atoms with E-state index in [2.05, 4.69) is 26.1 Å². The fraction of sp³-hybridized carbons (Fsp3) is 0.625. The lowest BCUT2D eigenvalue weighted by Crippen LogP contribution is -2.29. The molecule has 0 aromatic heterocycles. The number of halogens is 1. The average molecular weight is 251 g/mol. The minimum atomic E-state index is -0.119. The molecule has 0 amide bonds. The molecule has 2 heteroatoms. The third-order valence-electron chi connectivity index (χ3n) is 3.32. The molecule has 0 saturated heterocycles. The summed E-state index contributed by atoms with van der Waals surface area (Å²) in [5.74, 6) is 0.646. The highest BCUT2D eigenvalue weighted by Crippen LogP contribution is 2.18. The largest absolute Gasteiger partial charge is 0.308 e. The minimum absolute atomic E-state index is 0.0697. The van der Waals surface area contributed by atoms with Crippen LogP contribution in [-0.4, -0.2) is 6.04 Å². The standard InChI is InChI=1S/C16H26FN/c1-12(2)8-7-9-13(3)18-14(4)15-10-5-6-11-16(15)17/h5-6,10-14,18H,7-9H2,1-4H3. The van der Waals surface area contributed by atoms with E-state index in [1.165, 1.54) is 18.9 Å². The molecule has 102 valence electrons. The van der Waals surface area contributed by atoms with Crippen LogP contribution in [0.1, 0.15) is 58.6 Å². The summed E-state index contributed by atoms with van der Waals surface area (Å²) in [6.07, 6.45) is 3.65. The summed E-state index contributed by atoms with van der Waals surface area (Å²) in [4.78, 5) is 0. The lowest BCUT2D eigenvalue weighted by molar-refractivity contribution is 0.416. The second kappa shape index (κ2) is 7.52. The first-order chi connectivity index (χ1) is 8.50. The van der Waals surface area contributed by atoms with E-state index in [1.807, 2.05) is 19.1 Å². The predicted octanol–water partition coefficient (Wildman–Crippen LogP) is 4.69. The van der Waals surface area contributed by atoms with E-state index in [0.717, 1.165) is 17.9 Å². The maximum absolute atomic E-state index is 13.6. The molecule has 0 saturated carbocycles. The summed E-state index contributed by atoms with van der Waals surface area (Å²) in [7, 11) is 0. The first-order valence-electron chi connectivity index (χ1n) is 7.01. The van der Waals surface area contributed by atoms with Gasteiger partial charge in [-0.2, -0.15) is 0 Å². The van der Waals surface area contributed by atoms with Crippen molar-refractivity contribution in [2.45, 2.75) is 59.0 Å². The molecule has 0 fully saturated rings. The SMILES string of the molecule is CC(C)CCCC(C)NC(C)c1ccccc1F. The Balaban J connectivity index is 2.40. The molecule has 0 radical (unpaired) electrons. The van der Waals surface area contributed by atoms with Gasteiger partial charge in [0, 0.05) is 17.6 Å². The van der Waals surface area contributed by atoms with Gasteiger partial charge >= 0.3 is 0 Å². The summed E-state index contributed by atoms with van der Waals surface area (Å²) < 4.78 is 13.6. The second-order valence-electron chi connectivity index (χ2n) is 5.64. The summed E-state index contributed by atoms with van der Waals surface area (Å²) in [6, 6.07) is 7.50. The van der Waals surface area contributed by atoms with E-state index in [-0.39, 0.29) is 11.9 Å². The van der Waals surface area contributed by atoms with Gasteiger partial charge in [-0.15, -0.1) is 0 Å². The normalized spacial score (nSPS) is 14.8. The van der Waals surface area contributed by atoms with Gasteiger partial charge < -0.3 is 5.32 Å². The Morgan fingerprint density at radius 3 is 2.33 bits per heavy atom. The van der Waals surface area contributed by atoms with Crippen molar-refractivity contribution >= 4 is 0 Å². The van der Waals surface area contributed by atoms with Crippen LogP contribution >= 0.6 is 0 Å². The molecule has 0 aliphatic rings. The van der Waals surface area contributed by atoms with Crippen LogP contribution in [0, 0.1) is 11.7 Å². The molecule has 1 aromatic carbocycles. The lowest BCUT2D eigenvalue weighted by atomic mass is 10.0. The lowest BCUT2D eigenvalue weighted by Gasteiger charge is -2.21. The van der Waals surface area contributed by atoms with Crippen molar-refractivity contribution in [3.8, 4) is 0 Å². The monoisotopic (exact) mass is 251 g/mol. The summed E-state index contributed by atoms with van der Waals surface area (Å²) >= 11 is 0. The van der Waals surface area contributed by atoms with Crippen LogP contribution in [-0.2, 0) is 0 Å². The average Bonchev–Trinajstić information content (AvgIpc) is 2.28. The van der Waals surface area contributed by atoms with Crippen LogP contribution in [0.25, 0.3) is 0 Å². The van der Waals surface area contributed by atoms with Crippen LogP contribution in [0.3, 0.4) is 0 Å². The smallest absolute Gasteiger partial charge is 0.127 e. The van der Waals surface area contributed by atoms with Crippen molar-refractivity contribution in [3.63, 3.8) is 0 Å². The Hall–Kier alpha value is -0.890. The molecule has 2 atom stereocenters. The molecule has 1 N–H and O–H groups in total. The van der Waals surface area contributed by atoms with Crippen LogP contribution in [0.2, 0.25) is 0 Å². The fourth-order valence-corrected chi connectivity index (χ4v) is 2.26. The van der Waals surface area contributed by atoms with E-state index in [9.17, 15) is 4.39 Å². The molecule has 1 aromatic rings. The van der Waals surface area contributed by atoms with Crippen molar-refractivity contribution in [2.24, 2.45) is 5.92 Å². The van der Waals surface area contributed by atoms with E-state index in [1.54, 1.807) is 6.07 Å². The van der Waals surface area contributed by atoms with Gasteiger partial charge in [-0.25, -0.2) is 4.39 Å². The van der Waals surface area contributed by atoms with Crippen molar-refractivity contribution in [2.75, 3.05) is 0 Å². The molecule has 18 heavy (non-hydrogen) atoms. The minimum Gasteiger partial charge on any atom is -0.308 e. The Kier molecular flexibility index (Phi) is 6.34. The summed E-state index contributed by atoms with van der Waals surface area (Å²) in [6.45, 7) is 8.70. The van der Waals surface area contributed by atoms with Gasteiger partial charge in [-0.05, 0) is 32.3 Å². The van der Waals surface area contributed by atoms with E-state index < -0.39 is 0 Å². The maximum atomic E-state index is 13.6. The zero-order chi connectivity index (χ0) is 13.5. The topological polar surface area (TPSA) is 12.0 Å². The third-order valence-corrected chi connectivity index (χ3v) is 3.32. The van der Waals surface area contributed by atoms with Crippen LogP contribution in [0.4, 0.5) is 4.39 Å². The van der Waals surface area contributed by atoms with Crippen LogP contribution in [0.5, 0.6) is 0 Å². The molecular weight excluding hydrogens is 225 g/mol. The fourth-order valence-electron chi connectivity index (χ4n) is 2.26. The Morgan fingerprint density at radius 2 is 1.72 bits per heavy atom. The van der Waals surface area contributed by atoms with Gasteiger partial charge in [-0.1, -0.05) is 44.9 Å². The number of nitrogens with one attached hydrogen (secondary N) is 1. The Morgan fingerprint density at radius 1 is 1.06 bits per heavy atom. The molecule has 0 aliphatic heterocycles. The first-order valence-corrected chi connectivity index (χ1v) is 7.01. The molecule has 0 bridgehead atoms. The predicted molar refractivity (Wildman–Crippen MR) is 76.1 cm³/mol. The van der Waals surface area contributed by atoms with Crippen molar-refractivity contribution in [1.82, 2.24) is 5.32 Å². The van der Waals surface area contributed by atoms with Crippen molar-refractivity contribution in [1.29, 1.82) is 0 Å².